The molecule has 248 valence electrons. The Morgan fingerprint density at radius 3 is 2.11 bits per heavy atom. The Labute approximate surface area is 279 Å². The van der Waals surface area contributed by atoms with E-state index in [1.165, 1.54) is 9.21 Å². The number of hydrogen-bond donors (Lipinski definition) is 1. The van der Waals surface area contributed by atoms with E-state index in [-0.39, 0.29) is 29.7 Å². The molecule has 0 saturated carbocycles. The van der Waals surface area contributed by atoms with E-state index in [0.29, 0.717) is 23.5 Å². The molecule has 0 aromatic heterocycles. The van der Waals surface area contributed by atoms with Crippen molar-refractivity contribution in [3.8, 4) is 5.75 Å². The summed E-state index contributed by atoms with van der Waals surface area (Å²) in [5, 5.41) is 3.02. The number of rotatable bonds is 14. The third-order valence-electron chi connectivity index (χ3n) is 7.95. The highest BCUT2D eigenvalue weighted by molar-refractivity contribution is 7.92. The van der Waals surface area contributed by atoms with Crippen LogP contribution in [0, 0.1) is 26.7 Å². The first-order valence-corrected chi connectivity index (χ1v) is 17.2. The summed E-state index contributed by atoms with van der Waals surface area (Å²) in [6, 6.07) is 27.9. The Morgan fingerprint density at radius 2 is 1.47 bits per heavy atom. The normalized spacial score (nSPS) is 12.0. The molecule has 0 heterocycles. The fraction of sp³-hybridized carbons (Fsp3) is 0.316. The average molecular weight is 656 g/mol. The molecule has 0 aliphatic heterocycles. The van der Waals surface area contributed by atoms with Gasteiger partial charge < -0.3 is 15.0 Å². The highest BCUT2D eigenvalue weighted by Gasteiger charge is 2.35. The molecule has 2 amide bonds. The van der Waals surface area contributed by atoms with Crippen molar-refractivity contribution in [2.24, 2.45) is 5.92 Å². The van der Waals surface area contributed by atoms with Crippen LogP contribution in [0.5, 0.6) is 5.75 Å². The second-order valence-corrected chi connectivity index (χ2v) is 14.2. The molecule has 47 heavy (non-hydrogen) atoms. The SMILES string of the molecule is COc1cccc(CN(C(=O)CN(c2ccc(C)cc2C)S(=O)(=O)c2ccc(C)cc2)[C@@H](Cc2ccccc2)C(=O)NCC(C)C)c1. The van der Waals surface area contributed by atoms with Crippen LogP contribution in [0.1, 0.15) is 41.7 Å². The van der Waals surface area contributed by atoms with E-state index in [0.717, 1.165) is 22.3 Å². The molecule has 0 fully saturated rings. The predicted octanol–water partition coefficient (Wildman–Crippen LogP) is 6.23. The Kier molecular flexibility index (Phi) is 11.8. The lowest BCUT2D eigenvalue weighted by Crippen LogP contribution is -2.53. The number of nitrogens with one attached hydrogen (secondary N) is 1. The van der Waals surface area contributed by atoms with Crippen molar-refractivity contribution in [1.82, 2.24) is 10.2 Å². The second-order valence-electron chi connectivity index (χ2n) is 12.3. The van der Waals surface area contributed by atoms with Gasteiger partial charge >= 0.3 is 0 Å². The van der Waals surface area contributed by atoms with Gasteiger partial charge in [0.15, 0.2) is 0 Å². The molecule has 0 saturated heterocycles. The van der Waals surface area contributed by atoms with Crippen LogP contribution >= 0.6 is 0 Å². The topological polar surface area (TPSA) is 96.0 Å². The molecule has 4 aromatic rings. The second kappa shape index (κ2) is 15.8. The minimum atomic E-state index is -4.18. The van der Waals surface area contributed by atoms with Crippen molar-refractivity contribution in [1.29, 1.82) is 0 Å². The first kappa shape index (κ1) is 35.2. The first-order valence-electron chi connectivity index (χ1n) is 15.8. The zero-order valence-corrected chi connectivity index (χ0v) is 28.9. The van der Waals surface area contributed by atoms with Gasteiger partial charge in [-0.3, -0.25) is 13.9 Å². The third-order valence-corrected chi connectivity index (χ3v) is 9.73. The monoisotopic (exact) mass is 655 g/mol. The lowest BCUT2D eigenvalue weighted by atomic mass is 10.0. The van der Waals surface area contributed by atoms with Gasteiger partial charge in [-0.2, -0.15) is 0 Å². The van der Waals surface area contributed by atoms with Crippen LogP contribution in [0.4, 0.5) is 5.69 Å². The first-order chi connectivity index (χ1) is 22.4. The van der Waals surface area contributed by atoms with Crippen LogP contribution in [0.15, 0.2) is 102 Å². The standard InChI is InChI=1S/C38H45N3O5S/c1-27(2)24-39-38(43)36(23-31-11-8-7-9-12-31)40(25-32-13-10-14-33(22-32)46-6)37(42)26-41(35-20-17-29(4)21-30(35)5)47(44,45)34-18-15-28(3)16-19-34/h7-22,27,36H,23-26H2,1-6H3,(H,39,43)/t36-/m0/s1. The largest absolute Gasteiger partial charge is 0.497 e. The fourth-order valence-corrected chi connectivity index (χ4v) is 6.86. The van der Waals surface area contributed by atoms with Crippen molar-refractivity contribution in [2.45, 2.75) is 58.5 Å². The zero-order valence-electron chi connectivity index (χ0n) is 28.1. The highest BCUT2D eigenvalue weighted by Crippen LogP contribution is 2.29. The quantitative estimate of drug-likeness (QED) is 0.174. The van der Waals surface area contributed by atoms with Crippen molar-refractivity contribution in [2.75, 3.05) is 24.5 Å². The Hall–Kier alpha value is -4.63. The molecule has 1 atom stereocenters. The van der Waals surface area contributed by atoms with Crippen LogP contribution in [0.3, 0.4) is 0 Å². The summed E-state index contributed by atoms with van der Waals surface area (Å²) >= 11 is 0. The number of amides is 2. The van der Waals surface area contributed by atoms with Crippen LogP contribution < -0.4 is 14.4 Å². The summed E-state index contributed by atoms with van der Waals surface area (Å²) in [4.78, 5) is 30.2. The molecular formula is C38H45N3O5S. The van der Waals surface area contributed by atoms with E-state index in [2.05, 4.69) is 5.32 Å². The van der Waals surface area contributed by atoms with Crippen molar-refractivity contribution in [3.05, 3.63) is 125 Å². The van der Waals surface area contributed by atoms with E-state index in [4.69, 9.17) is 4.74 Å². The number of sulfonamides is 1. The maximum atomic E-state index is 14.7. The number of ether oxygens (including phenoxy) is 1. The fourth-order valence-electron chi connectivity index (χ4n) is 5.38. The number of carbonyl (C=O) groups is 2. The summed E-state index contributed by atoms with van der Waals surface area (Å²) in [5.74, 6) is -0.0153. The van der Waals surface area contributed by atoms with Gasteiger partial charge in [-0.1, -0.05) is 91.7 Å². The van der Waals surface area contributed by atoms with Crippen LogP contribution in [-0.2, 0) is 32.6 Å². The minimum Gasteiger partial charge on any atom is -0.497 e. The zero-order chi connectivity index (χ0) is 34.1. The Balaban J connectivity index is 1.83. The van der Waals surface area contributed by atoms with E-state index in [1.807, 2.05) is 101 Å². The molecule has 0 aliphatic rings. The molecule has 9 heteroatoms. The van der Waals surface area contributed by atoms with Gasteiger partial charge in [0.25, 0.3) is 10.0 Å². The van der Waals surface area contributed by atoms with E-state index < -0.39 is 28.5 Å². The van der Waals surface area contributed by atoms with Crippen molar-refractivity contribution >= 4 is 27.5 Å². The van der Waals surface area contributed by atoms with Gasteiger partial charge in [0.05, 0.1) is 17.7 Å². The maximum Gasteiger partial charge on any atom is 0.264 e. The number of anilines is 1. The lowest BCUT2D eigenvalue weighted by molar-refractivity contribution is -0.140. The number of aryl methyl sites for hydroxylation is 3. The van der Waals surface area contributed by atoms with Gasteiger partial charge in [-0.15, -0.1) is 0 Å². The number of hydrogen-bond acceptors (Lipinski definition) is 5. The lowest BCUT2D eigenvalue weighted by Gasteiger charge is -2.34. The van der Waals surface area contributed by atoms with Gasteiger partial charge in [-0.25, -0.2) is 8.42 Å². The molecule has 0 bridgehead atoms. The van der Waals surface area contributed by atoms with Crippen LogP contribution in [0.2, 0.25) is 0 Å². The van der Waals surface area contributed by atoms with Crippen LogP contribution in [-0.4, -0.2) is 51.4 Å². The third kappa shape index (κ3) is 9.23. The molecule has 4 aromatic carbocycles. The van der Waals surface area contributed by atoms with Crippen molar-refractivity contribution < 1.29 is 22.7 Å². The summed E-state index contributed by atoms with van der Waals surface area (Å²) in [6.45, 7) is 9.64. The molecule has 0 unspecified atom stereocenters. The van der Waals surface area contributed by atoms with Crippen LogP contribution in [0.25, 0.3) is 0 Å². The van der Waals surface area contributed by atoms with Gasteiger partial charge in [0.1, 0.15) is 18.3 Å². The number of benzene rings is 4. The van der Waals surface area contributed by atoms with Gasteiger partial charge in [0, 0.05) is 19.5 Å². The van der Waals surface area contributed by atoms with E-state index in [9.17, 15) is 18.0 Å². The Morgan fingerprint density at radius 1 is 0.809 bits per heavy atom. The molecule has 4 rings (SSSR count). The number of nitrogens with zero attached hydrogens (tertiary/aromatic N) is 2. The molecule has 0 aliphatic carbocycles. The van der Waals surface area contributed by atoms with E-state index >= 15 is 0 Å². The molecule has 0 spiro atoms. The van der Waals surface area contributed by atoms with Gasteiger partial charge in [-0.05, 0) is 73.7 Å². The molecule has 0 radical (unpaired) electrons. The average Bonchev–Trinajstić information content (AvgIpc) is 3.05. The summed E-state index contributed by atoms with van der Waals surface area (Å²) in [6.07, 6.45) is 0.245. The number of methoxy groups -OCH3 is 1. The molecular weight excluding hydrogens is 611 g/mol. The van der Waals surface area contributed by atoms with E-state index in [1.54, 1.807) is 37.4 Å². The molecule has 1 N–H and O–H groups in total. The summed E-state index contributed by atoms with van der Waals surface area (Å²) < 4.78 is 35.2. The summed E-state index contributed by atoms with van der Waals surface area (Å²) in [5.41, 5.74) is 4.61. The smallest absolute Gasteiger partial charge is 0.264 e. The maximum absolute atomic E-state index is 14.7. The van der Waals surface area contributed by atoms with Gasteiger partial charge in [0.2, 0.25) is 11.8 Å². The Bertz CT molecular complexity index is 1770. The van der Waals surface area contributed by atoms with Crippen molar-refractivity contribution in [3.63, 3.8) is 0 Å². The highest BCUT2D eigenvalue weighted by atomic mass is 32.2. The molecule has 8 nitrogen and oxygen atoms in total. The number of carbonyl (C=O) groups excluding carboxylic acids is 2. The predicted molar refractivity (Wildman–Crippen MR) is 187 cm³/mol. The summed E-state index contributed by atoms with van der Waals surface area (Å²) in [7, 11) is -2.61. The minimum absolute atomic E-state index is 0.0634.